The zero-order chi connectivity index (χ0) is 13.1. The van der Waals surface area contributed by atoms with E-state index in [4.69, 9.17) is 17.3 Å². The fourth-order valence-corrected chi connectivity index (χ4v) is 2.26. The molecule has 0 amide bonds. The van der Waals surface area contributed by atoms with Crippen molar-refractivity contribution < 1.29 is 0 Å². The normalized spacial score (nSPS) is 11.2. The largest absolute Gasteiger partial charge is 0.324 e. The summed E-state index contributed by atoms with van der Waals surface area (Å²) < 4.78 is 2.08. The Morgan fingerprint density at radius 2 is 2.00 bits per heavy atom. The van der Waals surface area contributed by atoms with Crippen LogP contribution in [-0.2, 0) is 13.0 Å². The molecule has 0 spiro atoms. The van der Waals surface area contributed by atoms with Crippen molar-refractivity contribution in [3.63, 3.8) is 0 Å². The Kier molecular flexibility index (Phi) is 3.99. The molecule has 1 aromatic carbocycles. The maximum atomic E-state index is 5.98. The molecule has 0 bridgehead atoms. The van der Waals surface area contributed by atoms with Crippen LogP contribution in [0.4, 0.5) is 0 Å². The first-order valence-electron chi connectivity index (χ1n) is 5.99. The Bertz CT molecular complexity index is 534. The third-order valence-corrected chi connectivity index (χ3v) is 3.02. The summed E-state index contributed by atoms with van der Waals surface area (Å²) in [4.78, 5) is 0. The topological polar surface area (TPSA) is 56.7 Å². The fourth-order valence-electron chi connectivity index (χ4n) is 2.05. The number of nitrogens with two attached hydrogens (primary N) is 1. The summed E-state index contributed by atoms with van der Waals surface area (Å²) in [6.45, 7) is 4.61. The summed E-state index contributed by atoms with van der Waals surface area (Å²) in [6, 6.07) is 8.09. The molecule has 0 unspecified atom stereocenters. The molecule has 0 aliphatic rings. The van der Waals surface area contributed by atoms with Crippen molar-refractivity contribution in [3.05, 3.63) is 46.5 Å². The van der Waals surface area contributed by atoms with Crippen molar-refractivity contribution >= 4 is 11.6 Å². The second-order valence-electron chi connectivity index (χ2n) is 4.51. The van der Waals surface area contributed by atoms with E-state index in [0.717, 1.165) is 22.2 Å². The Morgan fingerprint density at radius 1 is 1.28 bits per heavy atom. The molecule has 4 nitrogen and oxygen atoms in total. The molecule has 5 heteroatoms. The molecule has 0 radical (unpaired) electrons. The van der Waals surface area contributed by atoms with Crippen molar-refractivity contribution in [2.45, 2.75) is 32.9 Å². The van der Waals surface area contributed by atoms with E-state index >= 15 is 0 Å². The summed E-state index contributed by atoms with van der Waals surface area (Å²) in [5.41, 5.74) is 6.80. The van der Waals surface area contributed by atoms with Gasteiger partial charge in [-0.1, -0.05) is 23.7 Å². The van der Waals surface area contributed by atoms with E-state index in [1.807, 2.05) is 24.3 Å². The van der Waals surface area contributed by atoms with E-state index in [1.165, 1.54) is 0 Å². The molecular weight excluding hydrogens is 248 g/mol. The zero-order valence-electron chi connectivity index (χ0n) is 10.6. The highest BCUT2D eigenvalue weighted by atomic mass is 35.5. The Hall–Kier alpha value is -1.39. The number of halogens is 1. The van der Waals surface area contributed by atoms with Crippen molar-refractivity contribution in [1.29, 1.82) is 0 Å². The first-order chi connectivity index (χ1) is 8.61. The molecule has 2 rings (SSSR count). The van der Waals surface area contributed by atoms with E-state index in [-0.39, 0.29) is 0 Å². The minimum Gasteiger partial charge on any atom is -0.324 e. The van der Waals surface area contributed by atoms with Crippen molar-refractivity contribution in [2.24, 2.45) is 5.73 Å². The van der Waals surface area contributed by atoms with E-state index in [0.29, 0.717) is 19.0 Å². The van der Waals surface area contributed by atoms with Gasteiger partial charge in [-0.3, -0.25) is 0 Å². The molecule has 0 fully saturated rings. The van der Waals surface area contributed by atoms with Crippen molar-refractivity contribution in [1.82, 2.24) is 14.8 Å². The van der Waals surface area contributed by atoms with Crippen LogP contribution < -0.4 is 5.73 Å². The Balaban J connectivity index is 2.32. The van der Waals surface area contributed by atoms with Gasteiger partial charge >= 0.3 is 0 Å². The molecule has 18 heavy (non-hydrogen) atoms. The first-order valence-corrected chi connectivity index (χ1v) is 6.36. The average molecular weight is 265 g/mol. The number of hydrogen-bond donors (Lipinski definition) is 1. The van der Waals surface area contributed by atoms with Crippen LogP contribution in [0.2, 0.25) is 5.02 Å². The number of nitrogens with zero attached hydrogens (tertiary/aromatic N) is 3. The zero-order valence-corrected chi connectivity index (χ0v) is 11.4. The van der Waals surface area contributed by atoms with E-state index < -0.39 is 0 Å². The monoisotopic (exact) mass is 264 g/mol. The van der Waals surface area contributed by atoms with Gasteiger partial charge in [0.25, 0.3) is 0 Å². The maximum Gasteiger partial charge on any atom is 0.147 e. The maximum absolute atomic E-state index is 5.98. The van der Waals surface area contributed by atoms with Gasteiger partial charge in [-0.15, -0.1) is 10.2 Å². The number of rotatable bonds is 4. The molecule has 0 atom stereocenters. The molecule has 0 aliphatic carbocycles. The van der Waals surface area contributed by atoms with Crippen LogP contribution in [-0.4, -0.2) is 14.8 Å². The summed E-state index contributed by atoms with van der Waals surface area (Å²) in [5.74, 6) is 1.75. The first kappa shape index (κ1) is 13.1. The van der Waals surface area contributed by atoms with Crippen LogP contribution in [0.15, 0.2) is 24.3 Å². The van der Waals surface area contributed by atoms with Crippen LogP contribution in [0.3, 0.4) is 0 Å². The molecule has 1 aromatic heterocycles. The van der Waals surface area contributed by atoms with Gasteiger partial charge in [-0.2, -0.15) is 0 Å². The van der Waals surface area contributed by atoms with Gasteiger partial charge < -0.3 is 10.3 Å². The molecule has 0 aliphatic heterocycles. The van der Waals surface area contributed by atoms with E-state index in [2.05, 4.69) is 28.6 Å². The molecule has 2 N–H and O–H groups in total. The highest BCUT2D eigenvalue weighted by molar-refractivity contribution is 6.30. The highest BCUT2D eigenvalue weighted by Crippen LogP contribution is 2.17. The number of aromatic nitrogens is 3. The Labute approximate surface area is 112 Å². The third-order valence-electron chi connectivity index (χ3n) is 2.79. The lowest BCUT2D eigenvalue weighted by atomic mass is 10.1. The summed E-state index contributed by atoms with van der Waals surface area (Å²) >= 11 is 5.98. The highest BCUT2D eigenvalue weighted by Gasteiger charge is 2.13. The van der Waals surface area contributed by atoms with Gasteiger partial charge in [0, 0.05) is 17.5 Å². The molecule has 0 saturated heterocycles. The SMILES string of the molecule is CC(C)n1c(CN)nnc1Cc1cccc(Cl)c1. The fraction of sp³-hybridized carbons (Fsp3) is 0.385. The second kappa shape index (κ2) is 5.50. The summed E-state index contributed by atoms with van der Waals surface area (Å²) in [7, 11) is 0. The van der Waals surface area contributed by atoms with E-state index in [9.17, 15) is 0 Å². The Morgan fingerprint density at radius 3 is 2.61 bits per heavy atom. The van der Waals surface area contributed by atoms with Gasteiger partial charge in [0.15, 0.2) is 0 Å². The minimum atomic E-state index is 0.299. The van der Waals surface area contributed by atoms with Crippen LogP contribution in [0.25, 0.3) is 0 Å². The molecule has 96 valence electrons. The lowest BCUT2D eigenvalue weighted by molar-refractivity contribution is 0.548. The molecule has 0 saturated carbocycles. The lowest BCUT2D eigenvalue weighted by Gasteiger charge is -2.13. The van der Waals surface area contributed by atoms with Gasteiger partial charge in [0.2, 0.25) is 0 Å². The average Bonchev–Trinajstić information content (AvgIpc) is 2.72. The molecule has 2 aromatic rings. The van der Waals surface area contributed by atoms with Crippen LogP contribution in [0.5, 0.6) is 0 Å². The number of benzene rings is 1. The van der Waals surface area contributed by atoms with Crippen LogP contribution in [0.1, 0.15) is 37.1 Å². The molecule has 1 heterocycles. The third kappa shape index (κ3) is 2.71. The van der Waals surface area contributed by atoms with Gasteiger partial charge in [-0.05, 0) is 31.5 Å². The van der Waals surface area contributed by atoms with Gasteiger partial charge in [-0.25, -0.2) is 0 Å². The molecular formula is C13H17ClN4. The van der Waals surface area contributed by atoms with Crippen molar-refractivity contribution in [3.8, 4) is 0 Å². The van der Waals surface area contributed by atoms with Gasteiger partial charge in [0.1, 0.15) is 11.6 Å². The standard InChI is InChI=1S/C13H17ClN4/c1-9(2)18-12(16-17-13(18)8-15)7-10-4-3-5-11(14)6-10/h3-6,9H,7-8,15H2,1-2H3. The predicted molar refractivity (Wildman–Crippen MR) is 72.6 cm³/mol. The lowest BCUT2D eigenvalue weighted by Crippen LogP contribution is -2.13. The number of hydrogen-bond acceptors (Lipinski definition) is 3. The predicted octanol–water partition coefficient (Wildman–Crippen LogP) is 2.56. The van der Waals surface area contributed by atoms with Crippen LogP contribution in [0, 0.1) is 0 Å². The van der Waals surface area contributed by atoms with E-state index in [1.54, 1.807) is 0 Å². The minimum absolute atomic E-state index is 0.299. The van der Waals surface area contributed by atoms with Crippen molar-refractivity contribution in [2.75, 3.05) is 0 Å². The smallest absolute Gasteiger partial charge is 0.147 e. The second-order valence-corrected chi connectivity index (χ2v) is 4.94. The summed E-state index contributed by atoms with van der Waals surface area (Å²) in [5, 5.41) is 9.09. The quantitative estimate of drug-likeness (QED) is 0.923. The summed E-state index contributed by atoms with van der Waals surface area (Å²) in [6.07, 6.45) is 0.714. The van der Waals surface area contributed by atoms with Gasteiger partial charge in [0.05, 0.1) is 6.54 Å². The van der Waals surface area contributed by atoms with Crippen LogP contribution >= 0.6 is 11.6 Å².